The summed E-state index contributed by atoms with van der Waals surface area (Å²) >= 11 is 11.8. The minimum absolute atomic E-state index is 0.153. The van der Waals surface area contributed by atoms with E-state index in [1.165, 1.54) is 0 Å². The van der Waals surface area contributed by atoms with Crippen molar-refractivity contribution >= 4 is 23.2 Å². The quantitative estimate of drug-likeness (QED) is 0.838. The lowest BCUT2D eigenvalue weighted by Crippen LogP contribution is -2.36. The second kappa shape index (κ2) is 7.85. The van der Waals surface area contributed by atoms with Crippen molar-refractivity contribution in [2.75, 3.05) is 26.3 Å². The van der Waals surface area contributed by atoms with E-state index in [-0.39, 0.29) is 6.61 Å². The summed E-state index contributed by atoms with van der Waals surface area (Å²) in [6.07, 6.45) is 0. The van der Waals surface area contributed by atoms with Crippen LogP contribution in [0.15, 0.2) is 18.2 Å². The molecule has 0 atom stereocenters. The fraction of sp³-hybridized carbons (Fsp3) is 0.538. The number of nitrogens with zero attached hydrogens (tertiary/aromatic N) is 1. The average molecular weight is 292 g/mol. The van der Waals surface area contributed by atoms with Crippen molar-refractivity contribution in [2.45, 2.75) is 19.9 Å². The van der Waals surface area contributed by atoms with Gasteiger partial charge in [-0.15, -0.1) is 0 Å². The van der Waals surface area contributed by atoms with Gasteiger partial charge in [0.05, 0.1) is 11.6 Å². The first-order valence-electron chi connectivity index (χ1n) is 5.97. The summed E-state index contributed by atoms with van der Waals surface area (Å²) in [6, 6.07) is 5.54. The van der Waals surface area contributed by atoms with E-state index in [9.17, 15) is 0 Å². The number of ether oxygens (including phenoxy) is 1. The van der Waals surface area contributed by atoms with E-state index in [1.807, 2.05) is 0 Å². The first-order valence-corrected chi connectivity index (χ1v) is 6.73. The molecule has 3 nitrogen and oxygen atoms in total. The molecule has 18 heavy (non-hydrogen) atoms. The maximum Gasteiger partial charge on any atom is 0.138 e. The number of aliphatic hydroxyl groups excluding tert-OH is 1. The molecule has 0 aliphatic heterocycles. The topological polar surface area (TPSA) is 32.7 Å². The molecular weight excluding hydrogens is 273 g/mol. The van der Waals surface area contributed by atoms with Crippen LogP contribution in [0.4, 0.5) is 0 Å². The zero-order valence-corrected chi connectivity index (χ0v) is 12.2. The molecule has 0 saturated carbocycles. The first-order chi connectivity index (χ1) is 8.54. The molecule has 0 amide bonds. The molecule has 1 N–H and O–H groups in total. The van der Waals surface area contributed by atoms with Gasteiger partial charge < -0.3 is 9.84 Å². The zero-order chi connectivity index (χ0) is 13.5. The van der Waals surface area contributed by atoms with Crippen LogP contribution < -0.4 is 4.74 Å². The Balaban J connectivity index is 2.45. The molecule has 5 heteroatoms. The predicted octanol–water partition coefficient (Wildman–Crippen LogP) is 3.07. The van der Waals surface area contributed by atoms with Gasteiger partial charge in [0.15, 0.2) is 0 Å². The molecule has 0 aliphatic rings. The molecule has 0 spiro atoms. The van der Waals surface area contributed by atoms with Crippen molar-refractivity contribution in [2.24, 2.45) is 0 Å². The maximum atomic E-state index is 8.96. The Morgan fingerprint density at radius 2 is 2.00 bits per heavy atom. The Labute approximate surface area is 118 Å². The van der Waals surface area contributed by atoms with Crippen LogP contribution in [0.2, 0.25) is 10.0 Å². The lowest BCUT2D eigenvalue weighted by atomic mass is 10.3. The van der Waals surface area contributed by atoms with E-state index in [4.69, 9.17) is 33.0 Å². The van der Waals surface area contributed by atoms with Crippen LogP contribution in [0.25, 0.3) is 0 Å². The van der Waals surface area contributed by atoms with Gasteiger partial charge in [-0.05, 0) is 32.0 Å². The molecule has 0 saturated heterocycles. The number of aliphatic hydroxyl groups is 1. The largest absolute Gasteiger partial charge is 0.491 e. The molecule has 1 aromatic carbocycles. The fourth-order valence-electron chi connectivity index (χ4n) is 1.62. The monoisotopic (exact) mass is 291 g/mol. The highest BCUT2D eigenvalue weighted by molar-refractivity contribution is 6.35. The van der Waals surface area contributed by atoms with Gasteiger partial charge in [-0.1, -0.05) is 23.2 Å². The summed E-state index contributed by atoms with van der Waals surface area (Å²) in [5, 5.41) is 10.1. The molecule has 0 aliphatic carbocycles. The van der Waals surface area contributed by atoms with Gasteiger partial charge in [0, 0.05) is 24.2 Å². The summed E-state index contributed by atoms with van der Waals surface area (Å²) in [6.45, 7) is 6.25. The second-order valence-corrected chi connectivity index (χ2v) is 5.12. The summed E-state index contributed by atoms with van der Waals surface area (Å²) in [7, 11) is 0. The van der Waals surface area contributed by atoms with Gasteiger partial charge in [-0.3, -0.25) is 4.90 Å². The van der Waals surface area contributed by atoms with E-state index in [0.29, 0.717) is 35.0 Å². The minimum Gasteiger partial charge on any atom is -0.491 e. The third-order valence-electron chi connectivity index (χ3n) is 2.65. The van der Waals surface area contributed by atoms with Gasteiger partial charge in [0.1, 0.15) is 12.4 Å². The molecule has 0 aromatic heterocycles. The minimum atomic E-state index is 0.153. The molecule has 0 unspecified atom stereocenters. The van der Waals surface area contributed by atoms with Crippen molar-refractivity contribution in [3.05, 3.63) is 28.2 Å². The second-order valence-electron chi connectivity index (χ2n) is 4.28. The summed E-state index contributed by atoms with van der Waals surface area (Å²) in [4.78, 5) is 2.14. The Bertz CT molecular complexity index is 372. The van der Waals surface area contributed by atoms with E-state index in [2.05, 4.69) is 18.7 Å². The zero-order valence-electron chi connectivity index (χ0n) is 10.7. The molecule has 0 bridgehead atoms. The van der Waals surface area contributed by atoms with Gasteiger partial charge in [-0.25, -0.2) is 0 Å². The number of halogens is 2. The van der Waals surface area contributed by atoms with Crippen LogP contribution in [0.3, 0.4) is 0 Å². The van der Waals surface area contributed by atoms with Crippen LogP contribution in [0, 0.1) is 0 Å². The molecule has 0 radical (unpaired) electrons. The van der Waals surface area contributed by atoms with Crippen molar-refractivity contribution in [3.63, 3.8) is 0 Å². The van der Waals surface area contributed by atoms with Crippen LogP contribution in [0.1, 0.15) is 13.8 Å². The van der Waals surface area contributed by atoms with Crippen LogP contribution >= 0.6 is 23.2 Å². The molecule has 1 rings (SSSR count). The predicted molar refractivity (Wildman–Crippen MR) is 75.8 cm³/mol. The highest BCUT2D eigenvalue weighted by atomic mass is 35.5. The smallest absolute Gasteiger partial charge is 0.138 e. The highest BCUT2D eigenvalue weighted by Crippen LogP contribution is 2.27. The van der Waals surface area contributed by atoms with Crippen LogP contribution in [-0.2, 0) is 0 Å². The van der Waals surface area contributed by atoms with Gasteiger partial charge >= 0.3 is 0 Å². The molecular formula is C13H19Cl2NO2. The number of hydrogen-bond donors (Lipinski definition) is 1. The van der Waals surface area contributed by atoms with Gasteiger partial charge in [0.25, 0.3) is 0 Å². The van der Waals surface area contributed by atoms with E-state index < -0.39 is 0 Å². The van der Waals surface area contributed by atoms with Gasteiger partial charge in [-0.2, -0.15) is 0 Å². The maximum absolute atomic E-state index is 8.96. The Kier molecular flexibility index (Phi) is 6.79. The third kappa shape index (κ3) is 5.02. The lowest BCUT2D eigenvalue weighted by Gasteiger charge is -2.25. The number of hydrogen-bond acceptors (Lipinski definition) is 3. The normalized spacial score (nSPS) is 11.3. The van der Waals surface area contributed by atoms with Crippen LogP contribution in [-0.4, -0.2) is 42.4 Å². The SMILES string of the molecule is CC(C)N(CCO)CCOc1ccc(Cl)cc1Cl. The summed E-state index contributed by atoms with van der Waals surface area (Å²) in [5.74, 6) is 0.633. The number of benzene rings is 1. The van der Waals surface area contributed by atoms with E-state index >= 15 is 0 Å². The van der Waals surface area contributed by atoms with Crippen molar-refractivity contribution in [3.8, 4) is 5.75 Å². The standard InChI is InChI=1S/C13H19Cl2NO2/c1-10(2)16(5-7-17)6-8-18-13-4-3-11(14)9-12(13)15/h3-4,9-10,17H,5-8H2,1-2H3. The average Bonchev–Trinajstić information content (AvgIpc) is 2.30. The number of rotatable bonds is 7. The van der Waals surface area contributed by atoms with Crippen LogP contribution in [0.5, 0.6) is 5.75 Å². The van der Waals surface area contributed by atoms with E-state index in [1.54, 1.807) is 18.2 Å². The first kappa shape index (κ1) is 15.6. The van der Waals surface area contributed by atoms with Crippen molar-refractivity contribution in [1.82, 2.24) is 4.90 Å². The molecule has 1 aromatic rings. The summed E-state index contributed by atoms with van der Waals surface area (Å²) in [5.41, 5.74) is 0. The van der Waals surface area contributed by atoms with E-state index in [0.717, 1.165) is 6.54 Å². The Morgan fingerprint density at radius 3 is 2.56 bits per heavy atom. The molecule has 102 valence electrons. The summed E-state index contributed by atoms with van der Waals surface area (Å²) < 4.78 is 5.60. The van der Waals surface area contributed by atoms with Crippen molar-refractivity contribution in [1.29, 1.82) is 0 Å². The third-order valence-corrected chi connectivity index (χ3v) is 3.18. The Morgan fingerprint density at radius 1 is 1.28 bits per heavy atom. The van der Waals surface area contributed by atoms with Crippen molar-refractivity contribution < 1.29 is 9.84 Å². The highest BCUT2D eigenvalue weighted by Gasteiger charge is 2.09. The van der Waals surface area contributed by atoms with Gasteiger partial charge in [0.2, 0.25) is 0 Å². The fourth-order valence-corrected chi connectivity index (χ4v) is 2.08. The molecule has 0 fully saturated rings. The Hall–Kier alpha value is -0.480. The molecule has 0 heterocycles. The lowest BCUT2D eigenvalue weighted by molar-refractivity contribution is 0.141.